The standard InChI is InChI=1S/C30H40N2O8S/c1-7-41(36,37)30(16-9-17-32(20-30)28(35)40-29(2,3)4)19-31-23(27(33)34)18-21-12-14-22(15-13-21)26-24(38-5)10-8-11-25(26)39-6/h7-8,10-15,23,31H,1,9,16-20H2,2-6H3,(H,33,34)/t23-,30?/m0/s1. The molecular weight excluding hydrogens is 548 g/mol. The van der Waals surface area contributed by atoms with Crippen LogP contribution in [0.25, 0.3) is 11.1 Å². The number of methoxy groups -OCH3 is 2. The van der Waals surface area contributed by atoms with Crippen molar-refractivity contribution in [1.29, 1.82) is 0 Å². The summed E-state index contributed by atoms with van der Waals surface area (Å²) in [6.07, 6.45) is 0.163. The highest BCUT2D eigenvalue weighted by Crippen LogP contribution is 2.38. The lowest BCUT2D eigenvalue weighted by atomic mass is 9.95. The van der Waals surface area contributed by atoms with Crippen molar-refractivity contribution in [3.05, 3.63) is 60.0 Å². The molecule has 0 aliphatic carbocycles. The highest BCUT2D eigenvalue weighted by molar-refractivity contribution is 7.95. The van der Waals surface area contributed by atoms with Crippen LogP contribution in [0, 0.1) is 0 Å². The number of nitrogens with one attached hydrogen (secondary N) is 1. The normalized spacial score (nSPS) is 18.3. The van der Waals surface area contributed by atoms with Crippen LogP contribution >= 0.6 is 0 Å². The van der Waals surface area contributed by atoms with Crippen molar-refractivity contribution in [2.24, 2.45) is 0 Å². The summed E-state index contributed by atoms with van der Waals surface area (Å²) in [7, 11) is -0.746. The van der Waals surface area contributed by atoms with Crippen LogP contribution in [0.1, 0.15) is 39.2 Å². The predicted molar refractivity (Wildman–Crippen MR) is 157 cm³/mol. The highest BCUT2D eigenvalue weighted by atomic mass is 32.2. The van der Waals surface area contributed by atoms with Gasteiger partial charge in [0.25, 0.3) is 0 Å². The average molecular weight is 589 g/mol. The Labute approximate surface area is 242 Å². The summed E-state index contributed by atoms with van der Waals surface area (Å²) in [6.45, 7) is 8.73. The van der Waals surface area contributed by atoms with Gasteiger partial charge in [0.15, 0.2) is 9.84 Å². The Balaban J connectivity index is 1.81. The van der Waals surface area contributed by atoms with Crippen molar-refractivity contribution in [3.63, 3.8) is 0 Å². The molecule has 41 heavy (non-hydrogen) atoms. The molecule has 0 bridgehead atoms. The minimum absolute atomic E-state index is 0.110. The molecule has 2 N–H and O–H groups in total. The maximum Gasteiger partial charge on any atom is 0.410 e. The molecule has 1 fully saturated rings. The number of amides is 1. The first-order valence-corrected chi connectivity index (χ1v) is 14.9. The molecule has 0 radical (unpaired) electrons. The van der Waals surface area contributed by atoms with Crippen LogP contribution in [-0.4, -0.2) is 80.7 Å². The first kappa shape index (κ1) is 32.0. The molecule has 2 aromatic rings. The van der Waals surface area contributed by atoms with Gasteiger partial charge in [0, 0.05) is 25.0 Å². The number of carbonyl (C=O) groups is 2. The fraction of sp³-hybridized carbons (Fsp3) is 0.467. The number of carboxylic acid groups (broad SMARTS) is 1. The lowest BCUT2D eigenvalue weighted by Gasteiger charge is -2.42. The quantitative estimate of drug-likeness (QED) is 0.395. The number of benzene rings is 2. The van der Waals surface area contributed by atoms with Gasteiger partial charge in [-0.2, -0.15) is 0 Å². The molecule has 1 saturated heterocycles. The molecule has 1 heterocycles. The third-order valence-corrected chi connectivity index (χ3v) is 9.22. The fourth-order valence-electron chi connectivity index (χ4n) is 4.97. The molecule has 1 aliphatic rings. The van der Waals surface area contributed by atoms with Gasteiger partial charge in [-0.1, -0.05) is 36.9 Å². The molecular formula is C30H40N2O8S. The van der Waals surface area contributed by atoms with E-state index in [1.54, 1.807) is 35.0 Å². The van der Waals surface area contributed by atoms with Crippen molar-refractivity contribution in [2.75, 3.05) is 33.9 Å². The molecule has 2 aromatic carbocycles. The number of carbonyl (C=O) groups excluding carboxylic acids is 1. The molecule has 2 atom stereocenters. The molecule has 10 nitrogen and oxygen atoms in total. The second-order valence-electron chi connectivity index (χ2n) is 11.1. The number of piperidine rings is 1. The lowest BCUT2D eigenvalue weighted by molar-refractivity contribution is -0.139. The lowest BCUT2D eigenvalue weighted by Crippen LogP contribution is -2.60. The van der Waals surface area contributed by atoms with E-state index < -0.39 is 38.3 Å². The number of likely N-dealkylation sites (tertiary alicyclic amines) is 1. The summed E-state index contributed by atoms with van der Waals surface area (Å²) in [4.78, 5) is 26.4. The SMILES string of the molecule is C=CS(=O)(=O)C1(CN[C@@H](Cc2ccc(-c3c(OC)cccc3OC)cc2)C(=O)O)CCCN(C(=O)OC(C)(C)C)C1. The van der Waals surface area contributed by atoms with E-state index in [0.717, 1.165) is 22.1 Å². The van der Waals surface area contributed by atoms with Gasteiger partial charge in [-0.3, -0.25) is 4.79 Å². The zero-order valence-electron chi connectivity index (χ0n) is 24.3. The van der Waals surface area contributed by atoms with Gasteiger partial charge in [0.05, 0.1) is 19.8 Å². The van der Waals surface area contributed by atoms with Crippen LogP contribution in [-0.2, 0) is 25.8 Å². The van der Waals surface area contributed by atoms with Gasteiger partial charge in [0.1, 0.15) is 27.9 Å². The third-order valence-electron chi connectivity index (χ3n) is 7.09. The number of hydrogen-bond donors (Lipinski definition) is 2. The summed E-state index contributed by atoms with van der Waals surface area (Å²) in [6, 6.07) is 11.8. The number of carboxylic acids is 1. The molecule has 3 rings (SSSR count). The summed E-state index contributed by atoms with van der Waals surface area (Å²) in [5, 5.41) is 13.8. The predicted octanol–water partition coefficient (Wildman–Crippen LogP) is 4.28. The number of sulfone groups is 1. The minimum atomic E-state index is -3.90. The van der Waals surface area contributed by atoms with Crippen LogP contribution in [0.15, 0.2) is 54.5 Å². The topological polar surface area (TPSA) is 131 Å². The van der Waals surface area contributed by atoms with E-state index >= 15 is 0 Å². The second-order valence-corrected chi connectivity index (χ2v) is 13.4. The Kier molecular flexibility index (Phi) is 10.1. The third kappa shape index (κ3) is 7.59. The van der Waals surface area contributed by atoms with Gasteiger partial charge >= 0.3 is 12.1 Å². The maximum atomic E-state index is 13.2. The van der Waals surface area contributed by atoms with Crippen molar-refractivity contribution in [1.82, 2.24) is 10.2 Å². The number of nitrogens with zero attached hydrogens (tertiary/aromatic N) is 1. The van der Waals surface area contributed by atoms with Crippen LogP contribution in [0.3, 0.4) is 0 Å². The van der Waals surface area contributed by atoms with Crippen molar-refractivity contribution < 1.29 is 37.3 Å². The molecule has 0 spiro atoms. The molecule has 0 aromatic heterocycles. The first-order chi connectivity index (χ1) is 19.3. The van der Waals surface area contributed by atoms with Crippen LogP contribution in [0.2, 0.25) is 0 Å². The second kappa shape index (κ2) is 12.9. The maximum absolute atomic E-state index is 13.2. The number of hydrogen-bond acceptors (Lipinski definition) is 8. The number of rotatable bonds is 11. The summed E-state index contributed by atoms with van der Waals surface area (Å²) < 4.78 is 41.5. The minimum Gasteiger partial charge on any atom is -0.496 e. The highest BCUT2D eigenvalue weighted by Gasteiger charge is 2.47. The fourth-order valence-corrected chi connectivity index (χ4v) is 6.37. The van der Waals surface area contributed by atoms with E-state index in [-0.39, 0.29) is 25.9 Å². The van der Waals surface area contributed by atoms with Crippen molar-refractivity contribution in [3.8, 4) is 22.6 Å². The summed E-state index contributed by atoms with van der Waals surface area (Å²) in [5.41, 5.74) is 1.61. The number of aliphatic carboxylic acids is 1. The Morgan fingerprint density at radius 1 is 1.12 bits per heavy atom. The monoisotopic (exact) mass is 588 g/mol. The van der Waals surface area contributed by atoms with E-state index in [9.17, 15) is 23.1 Å². The van der Waals surface area contributed by atoms with E-state index in [2.05, 4.69) is 11.9 Å². The van der Waals surface area contributed by atoms with Crippen LogP contribution in [0.4, 0.5) is 4.79 Å². The van der Waals surface area contributed by atoms with Gasteiger partial charge in [-0.05, 0) is 63.3 Å². The van der Waals surface area contributed by atoms with Gasteiger partial charge in [-0.25, -0.2) is 13.2 Å². The largest absolute Gasteiger partial charge is 0.496 e. The van der Waals surface area contributed by atoms with Crippen LogP contribution in [0.5, 0.6) is 11.5 Å². The van der Waals surface area contributed by atoms with E-state index in [4.69, 9.17) is 14.2 Å². The van der Waals surface area contributed by atoms with Crippen molar-refractivity contribution >= 4 is 21.9 Å². The Hall–Kier alpha value is -3.57. The summed E-state index contributed by atoms with van der Waals surface area (Å²) >= 11 is 0. The Morgan fingerprint density at radius 3 is 2.24 bits per heavy atom. The summed E-state index contributed by atoms with van der Waals surface area (Å²) in [5.74, 6) is 0.166. The molecule has 224 valence electrons. The van der Waals surface area contributed by atoms with Crippen LogP contribution < -0.4 is 14.8 Å². The molecule has 1 aliphatic heterocycles. The number of ether oxygens (including phenoxy) is 3. The molecule has 0 saturated carbocycles. The zero-order chi connectivity index (χ0) is 30.4. The molecule has 1 unspecified atom stereocenters. The van der Waals surface area contributed by atoms with E-state index in [1.807, 2.05) is 42.5 Å². The average Bonchev–Trinajstić information content (AvgIpc) is 2.94. The molecule has 1 amide bonds. The van der Waals surface area contributed by atoms with Crippen molar-refractivity contribution in [2.45, 2.75) is 56.4 Å². The Bertz CT molecular complexity index is 1330. The van der Waals surface area contributed by atoms with E-state index in [0.29, 0.717) is 24.5 Å². The van der Waals surface area contributed by atoms with Gasteiger partial charge in [-0.15, -0.1) is 0 Å². The van der Waals surface area contributed by atoms with Gasteiger partial charge in [0.2, 0.25) is 0 Å². The zero-order valence-corrected chi connectivity index (χ0v) is 25.1. The van der Waals surface area contributed by atoms with E-state index in [1.165, 1.54) is 4.90 Å². The van der Waals surface area contributed by atoms with Gasteiger partial charge < -0.3 is 29.5 Å². The smallest absolute Gasteiger partial charge is 0.410 e. The molecule has 11 heteroatoms. The first-order valence-electron chi connectivity index (χ1n) is 13.4. The Morgan fingerprint density at radius 2 is 1.73 bits per heavy atom.